The number of hydrogen-bond acceptors (Lipinski definition) is 20. The summed E-state index contributed by atoms with van der Waals surface area (Å²) in [5, 5.41) is 142. The molecule has 5 atom stereocenters. The number of aliphatic hydroxyl groups excluding tert-OH is 2. The smallest absolute Gasteiger partial charge is 0.343 e. The third-order valence-corrected chi connectivity index (χ3v) is 19.5. The van der Waals surface area contributed by atoms with E-state index in [4.69, 9.17) is 41.1 Å². The number of aryl methyl sites for hydroxylation is 5. The van der Waals surface area contributed by atoms with E-state index >= 15 is 0 Å². The molecule has 0 saturated carbocycles. The zero-order chi connectivity index (χ0) is 84.6. The van der Waals surface area contributed by atoms with E-state index in [9.17, 15) is 89.1 Å². The fourth-order valence-corrected chi connectivity index (χ4v) is 13.3. The molecule has 0 saturated heterocycles. The van der Waals surface area contributed by atoms with Gasteiger partial charge in [0.05, 0.1) is 19.8 Å². The Morgan fingerprint density at radius 2 is 0.893 bits per heavy atom. The number of amides is 1. The second-order valence-electron chi connectivity index (χ2n) is 28.9. The lowest BCUT2D eigenvalue weighted by Gasteiger charge is -2.17. The van der Waals surface area contributed by atoms with Crippen molar-refractivity contribution < 1.29 is 129 Å². The second kappa shape index (κ2) is 50.7. The van der Waals surface area contributed by atoms with Gasteiger partial charge in [-0.05, 0) is 183 Å². The maximum atomic E-state index is 11.8. The molecule has 17 N–H and O–H groups in total. The number of rotatable bonds is 43. The van der Waals surface area contributed by atoms with Crippen LogP contribution in [0.15, 0.2) is 42.5 Å². The first-order valence-corrected chi connectivity index (χ1v) is 38.8. The molecule has 0 fully saturated rings. The number of phenols is 7. The predicted octanol–water partition coefficient (Wildman–Crippen LogP) is 15.0. The summed E-state index contributed by atoms with van der Waals surface area (Å²) in [4.78, 5) is 101. The lowest BCUT2D eigenvalue weighted by molar-refractivity contribution is -0.137. The van der Waals surface area contributed by atoms with Crippen molar-refractivity contribution in [1.29, 1.82) is 0 Å². The van der Waals surface area contributed by atoms with Gasteiger partial charge in [0.15, 0.2) is 6.10 Å². The normalized spacial score (nSPS) is 12.9. The highest BCUT2D eigenvalue weighted by atomic mass is 16.5. The molecule has 5 aromatic rings. The van der Waals surface area contributed by atoms with Crippen molar-refractivity contribution in [2.24, 2.45) is 23.5 Å². The molecule has 112 heavy (non-hydrogen) atoms. The van der Waals surface area contributed by atoms with Gasteiger partial charge in [-0.2, -0.15) is 0 Å². The summed E-state index contributed by atoms with van der Waals surface area (Å²) >= 11 is 0. The molecule has 0 bridgehead atoms. The maximum absolute atomic E-state index is 11.8. The van der Waals surface area contributed by atoms with Gasteiger partial charge >= 0.3 is 41.8 Å². The van der Waals surface area contributed by atoms with Crippen molar-refractivity contribution in [2.75, 3.05) is 13.7 Å². The number of unbranched alkanes of at least 4 members (excludes halogenated alkanes) is 9. The van der Waals surface area contributed by atoms with Gasteiger partial charge in [0.25, 0.3) is 5.91 Å². The van der Waals surface area contributed by atoms with Gasteiger partial charge < -0.3 is 91.8 Å². The van der Waals surface area contributed by atoms with Crippen LogP contribution in [0.4, 0.5) is 0 Å². The Kier molecular flexibility index (Phi) is 44.3. The number of carboxylic acid groups (broad SMARTS) is 6. The number of hydrogen-bond donors (Lipinski definition) is 16. The maximum Gasteiger partial charge on any atom is 0.343 e. The Labute approximate surface area is 656 Å². The number of methoxy groups -OCH3 is 1. The van der Waals surface area contributed by atoms with Crippen LogP contribution in [0, 0.1) is 17.8 Å². The third kappa shape index (κ3) is 32.3. The number of carbonyl (C=O) groups excluding carboxylic acids is 3. The van der Waals surface area contributed by atoms with E-state index < -0.39 is 94.0 Å². The number of aromatic hydroxyl groups is 7. The van der Waals surface area contributed by atoms with Crippen molar-refractivity contribution in [2.45, 2.75) is 267 Å². The Bertz CT molecular complexity index is 3930. The Balaban J connectivity index is 0.000000475. The van der Waals surface area contributed by atoms with Crippen LogP contribution in [0.2, 0.25) is 0 Å². The highest BCUT2D eigenvalue weighted by molar-refractivity contribution is 6.02. The molecular formula is C85H121NO26. The van der Waals surface area contributed by atoms with Crippen molar-refractivity contribution >= 4 is 53.5 Å². The minimum absolute atomic E-state index is 0.0311. The predicted molar refractivity (Wildman–Crippen MR) is 421 cm³/mol. The molecule has 27 heteroatoms. The van der Waals surface area contributed by atoms with E-state index in [0.717, 1.165) is 163 Å². The van der Waals surface area contributed by atoms with E-state index in [-0.39, 0.29) is 76.9 Å². The molecule has 6 rings (SSSR count). The molecule has 622 valence electrons. The molecule has 27 nitrogen and oxygen atoms in total. The molecule has 1 aliphatic rings. The fourth-order valence-electron chi connectivity index (χ4n) is 13.3. The molecule has 1 heterocycles. The number of carbonyl (C=O) groups is 9. The van der Waals surface area contributed by atoms with Gasteiger partial charge in [0.1, 0.15) is 85.2 Å². The van der Waals surface area contributed by atoms with Crippen LogP contribution >= 0.6 is 0 Å². The summed E-state index contributed by atoms with van der Waals surface area (Å²) in [5.41, 5.74) is 9.65. The number of esters is 1. The fraction of sp³-hybridized carbons (Fsp3) is 0.541. The average Bonchev–Trinajstić information content (AvgIpc) is 1.68. The van der Waals surface area contributed by atoms with Crippen LogP contribution in [0.1, 0.15) is 309 Å². The third-order valence-electron chi connectivity index (χ3n) is 19.5. The number of primary amides is 1. The number of aliphatic hydroxyl groups is 2. The van der Waals surface area contributed by atoms with Crippen molar-refractivity contribution in [1.82, 2.24) is 0 Å². The molecule has 5 unspecified atom stereocenters. The second-order valence-corrected chi connectivity index (χ2v) is 28.9. The molecule has 0 aromatic heterocycles. The first kappa shape index (κ1) is 97.9. The largest absolute Gasteiger partial charge is 0.507 e. The van der Waals surface area contributed by atoms with Crippen molar-refractivity contribution in [3.05, 3.63) is 126 Å². The number of carboxylic acids is 6. The first-order valence-electron chi connectivity index (χ1n) is 38.8. The van der Waals surface area contributed by atoms with Crippen LogP contribution in [0.5, 0.6) is 46.0 Å². The van der Waals surface area contributed by atoms with E-state index in [0.29, 0.717) is 85.0 Å². The Hall–Kier alpha value is -10.2. The van der Waals surface area contributed by atoms with E-state index in [2.05, 4.69) is 60.1 Å². The monoisotopic (exact) mass is 1570 g/mol. The highest BCUT2D eigenvalue weighted by Crippen LogP contribution is 2.42. The standard InChI is InChI=1S/C18H25NO5.C17H24O5.C17H26O5.C17H24O5.C16H22O6/c1-3-10(2)6-4-5-7-11-8-13(20)15(18(22)23)16-12(11)9-14(24-16)17(19)21;1-3-5-11(2)8-13-10-15(18)14(17(21)22)9-12(13)6-4-7-16(19)20;1-3-4-11(2)7-13-9-16(20)15(17(21)22)8-12(13)5-6-14(19)10-18;1-3-4-5-6-7-8-12-10-14(19)15(17(21)22)16(20)13(12)9-11(2)18;1-3-4-5-6-7-8-10-9-11(17)13(15(19)20)14(18)12(10)16(21)22-2/h8,10,14,20H,3-7,9H2,1-2H3,(H2,19,21)(H,22,23);9-11,18H,3-8H2,1-2H3,(H,19,20)(H,21,22);8-9,11,14,18-20H,3-7,10H2,1-2H3,(H,21,22);10,19-20H,3-9H2,1-2H3,(H,21,22);9,17-18H,3-8H2,1-2H3,(H,19,20). The average molecular weight is 1570 g/mol. The minimum Gasteiger partial charge on any atom is -0.507 e. The number of ketones is 1. The summed E-state index contributed by atoms with van der Waals surface area (Å²) < 4.78 is 10.0. The molecular weight excluding hydrogens is 1450 g/mol. The van der Waals surface area contributed by atoms with Crippen LogP contribution in [-0.4, -0.2) is 156 Å². The number of ether oxygens (including phenoxy) is 2. The number of nitrogens with two attached hydrogens (primary N) is 1. The van der Waals surface area contributed by atoms with E-state index in [1.54, 1.807) is 0 Å². The van der Waals surface area contributed by atoms with Crippen molar-refractivity contribution in [3.8, 4) is 46.0 Å². The van der Waals surface area contributed by atoms with Gasteiger partial charge in [-0.25, -0.2) is 28.8 Å². The van der Waals surface area contributed by atoms with Crippen LogP contribution in [0.3, 0.4) is 0 Å². The summed E-state index contributed by atoms with van der Waals surface area (Å²) in [5.74, 6) is -10.4. The van der Waals surface area contributed by atoms with Gasteiger partial charge in [-0.1, -0.05) is 152 Å². The first-order chi connectivity index (χ1) is 52.9. The molecule has 0 spiro atoms. The molecule has 5 aromatic carbocycles. The van der Waals surface area contributed by atoms with Gasteiger partial charge in [0, 0.05) is 30.4 Å². The van der Waals surface area contributed by atoms with Crippen LogP contribution in [-0.2, 0) is 76.9 Å². The topological polar surface area (TPSA) is 502 Å². The SMILES string of the molecule is CCC(C)CCCCc1cc(O)c(C(=O)O)c2c1CC(C(N)=O)O2.CCCC(C)Cc1cc(O)c(C(=O)O)cc1CCC(O)CO.CCCC(C)Cc1cc(O)c(C(=O)O)cc1CCCC(=O)O.CCCCCCCc1cc(O)c(C(=O)O)c(O)c1C(=O)OC.CCCCCCCc1cc(O)c(C(=O)O)c(O)c1CC(C)=O. The number of aliphatic carboxylic acids is 1. The van der Waals surface area contributed by atoms with Crippen molar-refractivity contribution in [3.63, 3.8) is 0 Å². The molecule has 1 amide bonds. The number of benzene rings is 5. The van der Waals surface area contributed by atoms with Crippen LogP contribution < -0.4 is 10.5 Å². The number of Topliss-reactive ketones (excluding diaryl/α,β-unsaturated/α-hetero) is 1. The quantitative estimate of drug-likeness (QED) is 0.0127. The minimum atomic E-state index is -1.50. The van der Waals surface area contributed by atoms with Gasteiger partial charge in [0.2, 0.25) is 0 Å². The lowest BCUT2D eigenvalue weighted by atomic mass is 9.90. The Morgan fingerprint density at radius 3 is 1.33 bits per heavy atom. The lowest BCUT2D eigenvalue weighted by Crippen LogP contribution is -2.32. The molecule has 0 radical (unpaired) electrons. The zero-order valence-electron chi connectivity index (χ0n) is 66.6. The van der Waals surface area contributed by atoms with Gasteiger partial charge in [-0.3, -0.25) is 14.4 Å². The summed E-state index contributed by atoms with van der Waals surface area (Å²) in [6, 6.07) is 10.1. The molecule has 0 aliphatic carbocycles. The van der Waals surface area contributed by atoms with E-state index in [1.807, 2.05) is 0 Å². The summed E-state index contributed by atoms with van der Waals surface area (Å²) in [6.45, 7) is 18.2. The summed E-state index contributed by atoms with van der Waals surface area (Å²) in [7, 11) is 1.15. The van der Waals surface area contributed by atoms with Crippen LogP contribution in [0.25, 0.3) is 0 Å². The Morgan fingerprint density at radius 1 is 0.464 bits per heavy atom. The number of fused-ring (bicyclic) bond motifs is 1. The highest BCUT2D eigenvalue weighted by Gasteiger charge is 2.36. The van der Waals surface area contributed by atoms with Gasteiger partial charge in [-0.15, -0.1) is 0 Å². The summed E-state index contributed by atoms with van der Waals surface area (Å²) in [6.07, 6.45) is 22.5. The molecule has 1 aliphatic heterocycles. The zero-order valence-corrected chi connectivity index (χ0v) is 66.6. The van der Waals surface area contributed by atoms with E-state index in [1.165, 1.54) is 49.4 Å². The number of aromatic carboxylic acids is 5.